The highest BCUT2D eigenvalue weighted by atomic mass is 32.1. The van der Waals surface area contributed by atoms with E-state index in [4.69, 9.17) is 0 Å². The molecule has 3 rings (SSSR count). The molecular formula is C19H19N3O2S2. The topological polar surface area (TPSA) is 72.0 Å². The van der Waals surface area contributed by atoms with Gasteiger partial charge >= 0.3 is 0 Å². The Morgan fingerprint density at radius 1 is 1.08 bits per heavy atom. The normalized spacial score (nSPS) is 10.6. The zero-order valence-electron chi connectivity index (χ0n) is 14.2. The number of hydrogen-bond acceptors (Lipinski definition) is 6. The second-order valence-corrected chi connectivity index (χ2v) is 7.54. The predicted molar refractivity (Wildman–Crippen MR) is 105 cm³/mol. The summed E-state index contributed by atoms with van der Waals surface area (Å²) in [6.07, 6.45) is 5.55. The van der Waals surface area contributed by atoms with E-state index >= 15 is 0 Å². The number of thiophene rings is 1. The average molecular weight is 386 g/mol. The number of thiazole rings is 1. The second kappa shape index (κ2) is 9.35. The minimum absolute atomic E-state index is 0.0198. The number of amides is 1. The van der Waals surface area contributed by atoms with Crippen molar-refractivity contribution in [2.45, 2.75) is 25.7 Å². The van der Waals surface area contributed by atoms with Gasteiger partial charge in [-0.2, -0.15) is 0 Å². The van der Waals surface area contributed by atoms with Crippen LogP contribution in [0.5, 0.6) is 0 Å². The molecule has 0 fully saturated rings. The zero-order valence-corrected chi connectivity index (χ0v) is 15.8. The number of ketones is 1. The minimum Gasteiger partial charge on any atom is -0.356 e. The largest absolute Gasteiger partial charge is 0.356 e. The van der Waals surface area contributed by atoms with E-state index in [1.807, 2.05) is 35.0 Å². The van der Waals surface area contributed by atoms with E-state index in [1.165, 1.54) is 11.3 Å². The molecule has 0 aliphatic rings. The van der Waals surface area contributed by atoms with Crippen LogP contribution in [-0.4, -0.2) is 28.2 Å². The van der Waals surface area contributed by atoms with Crippen molar-refractivity contribution in [1.82, 2.24) is 15.3 Å². The van der Waals surface area contributed by atoms with Gasteiger partial charge in [-0.15, -0.1) is 22.7 Å². The maximum absolute atomic E-state index is 11.9. The molecule has 0 saturated heterocycles. The summed E-state index contributed by atoms with van der Waals surface area (Å²) in [6, 6.07) is 7.55. The van der Waals surface area contributed by atoms with E-state index in [9.17, 15) is 9.59 Å². The SMILES string of the molecule is O=C(CCCC(=O)c1cccs1)NCCc1csc(-c2ccncc2)n1. The van der Waals surface area contributed by atoms with Crippen LogP contribution in [0.25, 0.3) is 10.6 Å². The third kappa shape index (κ3) is 5.31. The van der Waals surface area contributed by atoms with Crippen molar-refractivity contribution in [2.75, 3.05) is 6.54 Å². The van der Waals surface area contributed by atoms with Crippen LogP contribution in [0.2, 0.25) is 0 Å². The maximum Gasteiger partial charge on any atom is 0.220 e. The van der Waals surface area contributed by atoms with Gasteiger partial charge in [0.15, 0.2) is 5.78 Å². The molecule has 0 aromatic carbocycles. The Morgan fingerprint density at radius 2 is 1.92 bits per heavy atom. The van der Waals surface area contributed by atoms with Crippen LogP contribution in [0.4, 0.5) is 0 Å². The molecular weight excluding hydrogens is 366 g/mol. The summed E-state index contributed by atoms with van der Waals surface area (Å²) in [5.74, 6) is 0.0903. The Hall–Kier alpha value is -2.38. The Labute approximate surface area is 160 Å². The molecule has 5 nitrogen and oxygen atoms in total. The van der Waals surface area contributed by atoms with Gasteiger partial charge < -0.3 is 5.32 Å². The van der Waals surface area contributed by atoms with Crippen LogP contribution in [-0.2, 0) is 11.2 Å². The molecule has 3 aromatic heterocycles. The Balaban J connectivity index is 1.35. The van der Waals surface area contributed by atoms with Gasteiger partial charge in [0.25, 0.3) is 0 Å². The summed E-state index contributed by atoms with van der Waals surface area (Å²) in [5.41, 5.74) is 2.02. The number of aromatic nitrogens is 2. The molecule has 134 valence electrons. The zero-order chi connectivity index (χ0) is 18.2. The first kappa shape index (κ1) is 18.4. The smallest absolute Gasteiger partial charge is 0.220 e. The third-order valence-electron chi connectivity index (χ3n) is 3.79. The van der Waals surface area contributed by atoms with E-state index in [1.54, 1.807) is 23.7 Å². The molecule has 0 radical (unpaired) electrons. The van der Waals surface area contributed by atoms with Gasteiger partial charge in [0.1, 0.15) is 5.01 Å². The number of nitrogens with one attached hydrogen (secondary N) is 1. The highest BCUT2D eigenvalue weighted by Gasteiger charge is 2.09. The van der Waals surface area contributed by atoms with Crippen molar-refractivity contribution in [3.63, 3.8) is 0 Å². The fourth-order valence-electron chi connectivity index (χ4n) is 2.44. The van der Waals surface area contributed by atoms with Gasteiger partial charge in [-0.05, 0) is 30.0 Å². The van der Waals surface area contributed by atoms with Crippen molar-refractivity contribution in [1.29, 1.82) is 0 Å². The van der Waals surface area contributed by atoms with Crippen molar-refractivity contribution < 1.29 is 9.59 Å². The minimum atomic E-state index is -0.0198. The number of carbonyl (C=O) groups is 2. The standard InChI is InChI=1S/C19H19N3O2S2/c23-16(17-4-2-12-25-17)3-1-5-18(24)21-11-8-15-13-26-19(22-15)14-6-9-20-10-7-14/h2,4,6-7,9-10,12-13H,1,3,5,8,11H2,(H,21,24). The predicted octanol–water partition coefficient (Wildman–Crippen LogP) is 3.98. The maximum atomic E-state index is 11.9. The summed E-state index contributed by atoms with van der Waals surface area (Å²) >= 11 is 3.03. The molecule has 7 heteroatoms. The lowest BCUT2D eigenvalue weighted by atomic mass is 10.1. The second-order valence-electron chi connectivity index (χ2n) is 5.73. The van der Waals surface area contributed by atoms with Crippen LogP contribution < -0.4 is 5.32 Å². The lowest BCUT2D eigenvalue weighted by Gasteiger charge is -2.03. The van der Waals surface area contributed by atoms with E-state index in [0.717, 1.165) is 21.1 Å². The first-order valence-corrected chi connectivity index (χ1v) is 10.2. The number of pyridine rings is 1. The molecule has 0 aliphatic carbocycles. The Morgan fingerprint density at radius 3 is 2.69 bits per heavy atom. The highest BCUT2D eigenvalue weighted by molar-refractivity contribution is 7.13. The van der Waals surface area contributed by atoms with Crippen LogP contribution in [0.15, 0.2) is 47.4 Å². The molecule has 0 bridgehead atoms. The van der Waals surface area contributed by atoms with Crippen LogP contribution in [0, 0.1) is 0 Å². The lowest BCUT2D eigenvalue weighted by Crippen LogP contribution is -2.25. The number of nitrogens with zero attached hydrogens (tertiary/aromatic N) is 2. The molecule has 1 amide bonds. The number of hydrogen-bond donors (Lipinski definition) is 1. The number of Topliss-reactive ketones (excluding diaryl/α,β-unsaturated/α-hetero) is 1. The summed E-state index contributed by atoms with van der Waals surface area (Å²) in [4.78, 5) is 33.1. The molecule has 0 atom stereocenters. The molecule has 0 spiro atoms. The molecule has 0 saturated carbocycles. The molecule has 0 aliphatic heterocycles. The average Bonchev–Trinajstić information content (AvgIpc) is 3.34. The summed E-state index contributed by atoms with van der Waals surface area (Å²) in [6.45, 7) is 0.553. The first-order chi connectivity index (χ1) is 12.7. The Kier molecular flexibility index (Phi) is 6.62. The molecule has 26 heavy (non-hydrogen) atoms. The van der Waals surface area contributed by atoms with Crippen molar-refractivity contribution in [3.05, 3.63) is 58.0 Å². The van der Waals surface area contributed by atoms with Gasteiger partial charge in [-0.1, -0.05) is 6.07 Å². The van der Waals surface area contributed by atoms with Crippen LogP contribution >= 0.6 is 22.7 Å². The number of carbonyl (C=O) groups excluding carboxylic acids is 2. The van der Waals surface area contributed by atoms with E-state index in [2.05, 4.69) is 15.3 Å². The van der Waals surface area contributed by atoms with E-state index in [0.29, 0.717) is 32.2 Å². The van der Waals surface area contributed by atoms with Gasteiger partial charge in [-0.3, -0.25) is 14.6 Å². The van der Waals surface area contributed by atoms with Gasteiger partial charge in [0.05, 0.1) is 10.6 Å². The lowest BCUT2D eigenvalue weighted by molar-refractivity contribution is -0.121. The highest BCUT2D eigenvalue weighted by Crippen LogP contribution is 2.22. The fraction of sp³-hybridized carbons (Fsp3) is 0.263. The summed E-state index contributed by atoms with van der Waals surface area (Å²) in [5, 5.41) is 7.76. The first-order valence-electron chi connectivity index (χ1n) is 8.40. The number of rotatable bonds is 9. The van der Waals surface area contributed by atoms with E-state index < -0.39 is 0 Å². The van der Waals surface area contributed by atoms with Crippen molar-refractivity contribution >= 4 is 34.4 Å². The molecule has 3 aromatic rings. The van der Waals surface area contributed by atoms with Gasteiger partial charge in [0, 0.05) is 49.1 Å². The Bertz CT molecular complexity index is 845. The molecule has 1 N–H and O–H groups in total. The van der Waals surface area contributed by atoms with Crippen LogP contribution in [0.3, 0.4) is 0 Å². The fourth-order valence-corrected chi connectivity index (χ4v) is 3.99. The molecule has 3 heterocycles. The summed E-state index contributed by atoms with van der Waals surface area (Å²) in [7, 11) is 0. The summed E-state index contributed by atoms with van der Waals surface area (Å²) < 4.78 is 0. The van der Waals surface area contributed by atoms with E-state index in [-0.39, 0.29) is 11.7 Å². The quantitative estimate of drug-likeness (QED) is 0.566. The van der Waals surface area contributed by atoms with Gasteiger partial charge in [-0.25, -0.2) is 4.98 Å². The molecule has 0 unspecified atom stereocenters. The van der Waals surface area contributed by atoms with Crippen LogP contribution in [0.1, 0.15) is 34.6 Å². The third-order valence-corrected chi connectivity index (χ3v) is 5.64. The van der Waals surface area contributed by atoms with Crippen molar-refractivity contribution in [2.24, 2.45) is 0 Å². The van der Waals surface area contributed by atoms with Gasteiger partial charge in [0.2, 0.25) is 5.91 Å². The monoisotopic (exact) mass is 385 g/mol. The van der Waals surface area contributed by atoms with Crippen molar-refractivity contribution in [3.8, 4) is 10.6 Å².